The monoisotopic (exact) mass is 168 g/mol. The minimum atomic E-state index is -0.413. The quantitative estimate of drug-likeness (QED) is 0.648. The van der Waals surface area contributed by atoms with E-state index in [0.717, 1.165) is 5.56 Å². The highest BCUT2D eigenvalue weighted by atomic mass is 16.5. The van der Waals surface area contributed by atoms with Crippen molar-refractivity contribution in [3.05, 3.63) is 18.0 Å². The summed E-state index contributed by atoms with van der Waals surface area (Å²) in [5.41, 5.74) is 1.11. The normalized spacial score (nSPS) is 29.5. The van der Waals surface area contributed by atoms with Gasteiger partial charge in [-0.25, -0.2) is 0 Å². The second-order valence-electron chi connectivity index (χ2n) is 3.17. The fraction of sp³-hybridized carbons (Fsp3) is 0.625. The molecule has 1 fully saturated rings. The number of aliphatic hydroxyl groups is 1. The van der Waals surface area contributed by atoms with Gasteiger partial charge in [0.25, 0.3) is 0 Å². The summed E-state index contributed by atoms with van der Waals surface area (Å²) in [5, 5.41) is 13.6. The van der Waals surface area contributed by atoms with Crippen LogP contribution in [0.15, 0.2) is 12.4 Å². The minimum Gasteiger partial charge on any atom is -0.388 e. The summed E-state index contributed by atoms with van der Waals surface area (Å²) in [4.78, 5) is 0. The third kappa shape index (κ3) is 1.23. The predicted molar refractivity (Wildman–Crippen MR) is 42.8 cm³/mol. The Kier molecular flexibility index (Phi) is 1.86. The molecule has 1 aliphatic heterocycles. The summed E-state index contributed by atoms with van der Waals surface area (Å²) in [6.07, 6.45) is 3.29. The van der Waals surface area contributed by atoms with Gasteiger partial charge in [0.1, 0.15) is 12.1 Å². The first-order chi connectivity index (χ1) is 5.77. The molecule has 1 N–H and O–H groups in total. The van der Waals surface area contributed by atoms with Gasteiger partial charge in [-0.1, -0.05) is 0 Å². The van der Waals surface area contributed by atoms with E-state index in [1.54, 1.807) is 10.9 Å². The van der Waals surface area contributed by atoms with Gasteiger partial charge in [0.05, 0.1) is 19.4 Å². The third-order valence-corrected chi connectivity index (χ3v) is 2.09. The predicted octanol–water partition coefficient (Wildman–Crippen LogP) is 0.124. The number of hydrogen-bond donors (Lipinski definition) is 1. The smallest absolute Gasteiger partial charge is 0.103 e. The molecule has 2 heterocycles. The zero-order valence-corrected chi connectivity index (χ0v) is 6.97. The Morgan fingerprint density at radius 1 is 1.67 bits per heavy atom. The molecule has 2 atom stereocenters. The molecule has 4 nitrogen and oxygen atoms in total. The highest BCUT2D eigenvalue weighted by Gasteiger charge is 2.27. The maximum atomic E-state index is 9.47. The SMILES string of the molecule is Cc1cnn(C2COC[C@H]2O)c1. The molecule has 0 aliphatic carbocycles. The summed E-state index contributed by atoms with van der Waals surface area (Å²) in [7, 11) is 0. The molecule has 12 heavy (non-hydrogen) atoms. The number of nitrogens with zero attached hydrogens (tertiary/aromatic N) is 2. The molecular weight excluding hydrogens is 156 g/mol. The van der Waals surface area contributed by atoms with Gasteiger partial charge in [0.15, 0.2) is 0 Å². The summed E-state index contributed by atoms with van der Waals surface area (Å²) in [6.45, 7) is 2.96. The average molecular weight is 168 g/mol. The number of rotatable bonds is 1. The second-order valence-corrected chi connectivity index (χ2v) is 3.17. The summed E-state index contributed by atoms with van der Waals surface area (Å²) < 4.78 is 6.89. The van der Waals surface area contributed by atoms with Crippen LogP contribution in [0.4, 0.5) is 0 Å². The Morgan fingerprint density at radius 2 is 2.50 bits per heavy atom. The highest BCUT2D eigenvalue weighted by Crippen LogP contribution is 2.18. The van der Waals surface area contributed by atoms with Crippen LogP contribution < -0.4 is 0 Å². The maximum Gasteiger partial charge on any atom is 0.103 e. The fourth-order valence-electron chi connectivity index (χ4n) is 1.40. The Hall–Kier alpha value is -0.870. The molecule has 1 aromatic heterocycles. The molecule has 0 saturated carbocycles. The van der Waals surface area contributed by atoms with Crippen LogP contribution in [0.3, 0.4) is 0 Å². The standard InChI is InChI=1S/C8H12N2O2/c1-6-2-9-10(3-6)7-4-12-5-8(7)11/h2-3,7-8,11H,4-5H2,1H3/t7?,8-/m1/s1. The van der Waals surface area contributed by atoms with Crippen LogP contribution in [-0.2, 0) is 4.74 Å². The average Bonchev–Trinajstić information content (AvgIpc) is 2.58. The van der Waals surface area contributed by atoms with Crippen LogP contribution in [0.25, 0.3) is 0 Å². The van der Waals surface area contributed by atoms with Crippen LogP contribution >= 0.6 is 0 Å². The van der Waals surface area contributed by atoms with Crippen LogP contribution in [-0.4, -0.2) is 34.2 Å². The lowest BCUT2D eigenvalue weighted by molar-refractivity contribution is 0.118. The topological polar surface area (TPSA) is 47.3 Å². The zero-order valence-electron chi connectivity index (χ0n) is 6.97. The molecular formula is C8H12N2O2. The van der Waals surface area contributed by atoms with Crippen LogP contribution in [0.5, 0.6) is 0 Å². The lowest BCUT2D eigenvalue weighted by Crippen LogP contribution is -2.22. The van der Waals surface area contributed by atoms with Crippen molar-refractivity contribution >= 4 is 0 Å². The maximum absolute atomic E-state index is 9.47. The van der Waals surface area contributed by atoms with Crippen LogP contribution in [0, 0.1) is 6.92 Å². The van der Waals surface area contributed by atoms with E-state index in [2.05, 4.69) is 5.10 Å². The van der Waals surface area contributed by atoms with Crippen molar-refractivity contribution in [2.24, 2.45) is 0 Å². The molecule has 2 rings (SSSR count). The molecule has 0 radical (unpaired) electrons. The first-order valence-electron chi connectivity index (χ1n) is 4.04. The molecule has 1 unspecified atom stereocenters. The van der Waals surface area contributed by atoms with E-state index < -0.39 is 6.10 Å². The molecule has 4 heteroatoms. The molecule has 66 valence electrons. The molecule has 0 spiro atoms. The van der Waals surface area contributed by atoms with Crippen molar-refractivity contribution in [3.63, 3.8) is 0 Å². The molecule has 1 aromatic rings. The lowest BCUT2D eigenvalue weighted by Gasteiger charge is -2.11. The van der Waals surface area contributed by atoms with E-state index in [-0.39, 0.29) is 6.04 Å². The van der Waals surface area contributed by atoms with Gasteiger partial charge in [-0.2, -0.15) is 5.10 Å². The van der Waals surface area contributed by atoms with Crippen molar-refractivity contribution in [2.75, 3.05) is 13.2 Å². The summed E-state index contributed by atoms with van der Waals surface area (Å²) >= 11 is 0. The Labute approximate surface area is 70.8 Å². The molecule has 1 saturated heterocycles. The number of aliphatic hydroxyl groups excluding tert-OH is 1. The summed E-state index contributed by atoms with van der Waals surface area (Å²) in [6, 6.07) is -0.00120. The largest absolute Gasteiger partial charge is 0.388 e. The summed E-state index contributed by atoms with van der Waals surface area (Å²) in [5.74, 6) is 0. The van der Waals surface area contributed by atoms with Gasteiger partial charge in [0.2, 0.25) is 0 Å². The lowest BCUT2D eigenvalue weighted by atomic mass is 10.2. The van der Waals surface area contributed by atoms with Gasteiger partial charge >= 0.3 is 0 Å². The Bertz CT molecular complexity index is 272. The van der Waals surface area contributed by atoms with Crippen LogP contribution in [0.2, 0.25) is 0 Å². The van der Waals surface area contributed by atoms with Crippen molar-refractivity contribution in [1.82, 2.24) is 9.78 Å². The van der Waals surface area contributed by atoms with Crippen molar-refractivity contribution in [1.29, 1.82) is 0 Å². The van der Waals surface area contributed by atoms with E-state index in [4.69, 9.17) is 4.74 Å². The fourth-order valence-corrected chi connectivity index (χ4v) is 1.40. The highest BCUT2D eigenvalue weighted by molar-refractivity contribution is 5.01. The van der Waals surface area contributed by atoms with E-state index >= 15 is 0 Å². The van der Waals surface area contributed by atoms with Gasteiger partial charge in [-0.3, -0.25) is 4.68 Å². The Morgan fingerprint density at radius 3 is 3.00 bits per heavy atom. The number of ether oxygens (including phenoxy) is 1. The first-order valence-corrected chi connectivity index (χ1v) is 4.04. The van der Waals surface area contributed by atoms with Crippen molar-refractivity contribution in [3.8, 4) is 0 Å². The minimum absolute atomic E-state index is 0.00120. The van der Waals surface area contributed by atoms with E-state index in [1.165, 1.54) is 0 Å². The zero-order chi connectivity index (χ0) is 8.55. The molecule has 0 amide bonds. The van der Waals surface area contributed by atoms with Gasteiger partial charge in [-0.05, 0) is 12.5 Å². The molecule has 1 aliphatic rings. The molecule has 0 aromatic carbocycles. The Balaban J connectivity index is 2.19. The third-order valence-electron chi connectivity index (χ3n) is 2.09. The first kappa shape index (κ1) is 7.76. The van der Waals surface area contributed by atoms with E-state index in [1.807, 2.05) is 13.1 Å². The molecule has 0 bridgehead atoms. The van der Waals surface area contributed by atoms with Crippen LogP contribution in [0.1, 0.15) is 11.6 Å². The second kappa shape index (κ2) is 2.88. The van der Waals surface area contributed by atoms with E-state index in [9.17, 15) is 5.11 Å². The van der Waals surface area contributed by atoms with Crippen molar-refractivity contribution in [2.45, 2.75) is 19.1 Å². The van der Waals surface area contributed by atoms with Gasteiger partial charge in [0, 0.05) is 6.20 Å². The van der Waals surface area contributed by atoms with E-state index in [0.29, 0.717) is 13.2 Å². The number of aromatic nitrogens is 2. The van der Waals surface area contributed by atoms with Gasteiger partial charge < -0.3 is 9.84 Å². The van der Waals surface area contributed by atoms with Crippen molar-refractivity contribution < 1.29 is 9.84 Å². The van der Waals surface area contributed by atoms with Gasteiger partial charge in [-0.15, -0.1) is 0 Å². The number of hydrogen-bond acceptors (Lipinski definition) is 3. The number of aryl methyl sites for hydroxylation is 1.